The van der Waals surface area contributed by atoms with E-state index in [1.165, 1.54) is 41.5 Å². The van der Waals surface area contributed by atoms with Crippen molar-refractivity contribution in [1.29, 1.82) is 0 Å². The van der Waals surface area contributed by atoms with Crippen LogP contribution >= 0.6 is 11.3 Å². The molecule has 4 heteroatoms. The Balaban J connectivity index is 2.18. The fraction of sp³-hybridized carbons (Fsp3) is 0.824. The SMILES string of the molecule is CCCNCc1sc(N2CCCC2C(C)C)nc1C(C)C. The van der Waals surface area contributed by atoms with E-state index in [2.05, 4.69) is 44.8 Å². The standard InChI is InChI=1S/C17H31N3S/c1-6-9-18-11-15-16(13(4)5)19-17(21-15)20-10-7-8-14(20)12(2)3/h12-14,18H,6-11H2,1-5H3. The third-order valence-electron chi connectivity index (χ3n) is 4.29. The topological polar surface area (TPSA) is 28.2 Å². The van der Waals surface area contributed by atoms with Crippen molar-refractivity contribution in [1.82, 2.24) is 10.3 Å². The van der Waals surface area contributed by atoms with Gasteiger partial charge in [0.05, 0.1) is 5.69 Å². The van der Waals surface area contributed by atoms with Crippen LogP contribution in [0.15, 0.2) is 0 Å². The highest BCUT2D eigenvalue weighted by Crippen LogP contribution is 2.36. The van der Waals surface area contributed by atoms with Gasteiger partial charge in [0.1, 0.15) is 0 Å². The molecule has 2 heterocycles. The molecule has 0 spiro atoms. The van der Waals surface area contributed by atoms with Gasteiger partial charge in [-0.25, -0.2) is 4.98 Å². The van der Waals surface area contributed by atoms with E-state index < -0.39 is 0 Å². The Bertz CT molecular complexity index is 439. The molecule has 1 unspecified atom stereocenters. The molecule has 1 N–H and O–H groups in total. The minimum Gasteiger partial charge on any atom is -0.345 e. The molecule has 0 amide bonds. The van der Waals surface area contributed by atoms with Gasteiger partial charge in [-0.2, -0.15) is 0 Å². The molecule has 0 aliphatic carbocycles. The van der Waals surface area contributed by atoms with Crippen LogP contribution in [0.2, 0.25) is 0 Å². The summed E-state index contributed by atoms with van der Waals surface area (Å²) in [7, 11) is 0. The number of hydrogen-bond donors (Lipinski definition) is 1. The first-order valence-corrected chi connectivity index (χ1v) is 9.33. The second-order valence-corrected chi connectivity index (χ2v) is 7.85. The maximum Gasteiger partial charge on any atom is 0.186 e. The lowest BCUT2D eigenvalue weighted by atomic mass is 10.0. The normalized spacial score (nSPS) is 19.2. The van der Waals surface area contributed by atoms with Crippen LogP contribution < -0.4 is 10.2 Å². The summed E-state index contributed by atoms with van der Waals surface area (Å²) in [6.45, 7) is 14.6. The first kappa shape index (κ1) is 16.8. The zero-order valence-corrected chi connectivity index (χ0v) is 15.1. The number of nitrogens with one attached hydrogen (secondary N) is 1. The van der Waals surface area contributed by atoms with Gasteiger partial charge in [-0.1, -0.05) is 34.6 Å². The largest absolute Gasteiger partial charge is 0.345 e. The van der Waals surface area contributed by atoms with Crippen molar-refractivity contribution in [3.05, 3.63) is 10.6 Å². The summed E-state index contributed by atoms with van der Waals surface area (Å²) >= 11 is 1.91. The zero-order valence-electron chi connectivity index (χ0n) is 14.3. The summed E-state index contributed by atoms with van der Waals surface area (Å²) in [4.78, 5) is 9.00. The molecular formula is C17H31N3S. The van der Waals surface area contributed by atoms with Crippen molar-refractivity contribution < 1.29 is 0 Å². The molecule has 3 nitrogen and oxygen atoms in total. The molecule has 1 aliphatic heterocycles. The first-order chi connectivity index (χ1) is 10.0. The molecule has 0 radical (unpaired) electrons. The van der Waals surface area contributed by atoms with Crippen LogP contribution in [0.4, 0.5) is 5.13 Å². The van der Waals surface area contributed by atoms with Gasteiger partial charge in [0.2, 0.25) is 0 Å². The molecule has 0 aromatic carbocycles. The highest BCUT2D eigenvalue weighted by Gasteiger charge is 2.30. The van der Waals surface area contributed by atoms with Gasteiger partial charge in [-0.05, 0) is 37.6 Å². The predicted molar refractivity (Wildman–Crippen MR) is 93.4 cm³/mol. The van der Waals surface area contributed by atoms with Gasteiger partial charge in [0.15, 0.2) is 5.13 Å². The zero-order chi connectivity index (χ0) is 15.4. The van der Waals surface area contributed by atoms with Crippen molar-refractivity contribution in [2.24, 2.45) is 5.92 Å². The van der Waals surface area contributed by atoms with E-state index in [9.17, 15) is 0 Å². The van der Waals surface area contributed by atoms with Crippen molar-refractivity contribution >= 4 is 16.5 Å². The molecule has 1 aromatic rings. The van der Waals surface area contributed by atoms with Crippen LogP contribution in [0.5, 0.6) is 0 Å². The van der Waals surface area contributed by atoms with Crippen LogP contribution in [0.25, 0.3) is 0 Å². The maximum atomic E-state index is 5.01. The predicted octanol–water partition coefficient (Wildman–Crippen LogP) is 4.39. The van der Waals surface area contributed by atoms with E-state index >= 15 is 0 Å². The van der Waals surface area contributed by atoms with Gasteiger partial charge in [-0.15, -0.1) is 11.3 Å². The Labute approximate surface area is 134 Å². The maximum absolute atomic E-state index is 5.01. The monoisotopic (exact) mass is 309 g/mol. The van der Waals surface area contributed by atoms with Crippen molar-refractivity contribution in [3.63, 3.8) is 0 Å². The minimum absolute atomic E-state index is 0.508. The molecule has 0 bridgehead atoms. The van der Waals surface area contributed by atoms with E-state index in [-0.39, 0.29) is 0 Å². The van der Waals surface area contributed by atoms with E-state index in [1.807, 2.05) is 11.3 Å². The lowest BCUT2D eigenvalue weighted by molar-refractivity contribution is 0.491. The molecule has 120 valence electrons. The number of aromatic nitrogens is 1. The Kier molecular flexibility index (Phi) is 6.06. The smallest absolute Gasteiger partial charge is 0.186 e. The van der Waals surface area contributed by atoms with Gasteiger partial charge in [-0.3, -0.25) is 0 Å². The molecule has 1 atom stereocenters. The Hall–Kier alpha value is -0.610. The molecule has 1 aliphatic rings. The summed E-state index contributed by atoms with van der Waals surface area (Å²) in [5, 5.41) is 4.79. The van der Waals surface area contributed by atoms with Crippen molar-refractivity contribution in [3.8, 4) is 0 Å². The van der Waals surface area contributed by atoms with Crippen molar-refractivity contribution in [2.45, 2.75) is 72.4 Å². The van der Waals surface area contributed by atoms with Gasteiger partial charge in [0.25, 0.3) is 0 Å². The Morgan fingerprint density at radius 1 is 1.33 bits per heavy atom. The first-order valence-electron chi connectivity index (χ1n) is 8.51. The number of nitrogens with zero attached hydrogens (tertiary/aromatic N) is 2. The molecule has 21 heavy (non-hydrogen) atoms. The Morgan fingerprint density at radius 2 is 2.10 bits per heavy atom. The van der Waals surface area contributed by atoms with Crippen molar-refractivity contribution in [2.75, 3.05) is 18.0 Å². The third-order valence-corrected chi connectivity index (χ3v) is 5.40. The highest BCUT2D eigenvalue weighted by molar-refractivity contribution is 7.15. The summed E-state index contributed by atoms with van der Waals surface area (Å²) in [6, 6.07) is 0.674. The van der Waals surface area contributed by atoms with Gasteiger partial charge in [0, 0.05) is 24.0 Å². The lowest BCUT2D eigenvalue weighted by Crippen LogP contribution is -2.33. The fourth-order valence-electron chi connectivity index (χ4n) is 3.15. The second-order valence-electron chi connectivity index (χ2n) is 6.78. The van der Waals surface area contributed by atoms with E-state index in [0.29, 0.717) is 17.9 Å². The number of rotatable bonds is 7. The average molecular weight is 310 g/mol. The molecule has 1 aromatic heterocycles. The minimum atomic E-state index is 0.508. The molecule has 1 fully saturated rings. The van der Waals surface area contributed by atoms with Crippen LogP contribution in [0.3, 0.4) is 0 Å². The van der Waals surface area contributed by atoms with Gasteiger partial charge >= 0.3 is 0 Å². The number of hydrogen-bond acceptors (Lipinski definition) is 4. The van der Waals surface area contributed by atoms with E-state index in [1.54, 1.807) is 0 Å². The van der Waals surface area contributed by atoms with E-state index in [0.717, 1.165) is 13.1 Å². The van der Waals surface area contributed by atoms with Crippen LogP contribution in [-0.4, -0.2) is 24.1 Å². The van der Waals surface area contributed by atoms with Crippen LogP contribution in [0, 0.1) is 5.92 Å². The number of thiazole rings is 1. The third kappa shape index (κ3) is 3.98. The summed E-state index contributed by atoms with van der Waals surface area (Å²) in [5.74, 6) is 1.22. The molecule has 0 saturated carbocycles. The summed E-state index contributed by atoms with van der Waals surface area (Å²) in [6.07, 6.45) is 3.81. The molecule has 2 rings (SSSR count). The highest BCUT2D eigenvalue weighted by atomic mass is 32.1. The quantitative estimate of drug-likeness (QED) is 0.757. The average Bonchev–Trinajstić information content (AvgIpc) is 3.04. The fourth-order valence-corrected chi connectivity index (χ4v) is 4.42. The second kappa shape index (κ2) is 7.59. The van der Waals surface area contributed by atoms with E-state index in [4.69, 9.17) is 4.98 Å². The molecular weight excluding hydrogens is 278 g/mol. The lowest BCUT2D eigenvalue weighted by Gasteiger charge is -2.27. The summed E-state index contributed by atoms with van der Waals surface area (Å²) in [5.41, 5.74) is 1.30. The number of anilines is 1. The Morgan fingerprint density at radius 3 is 2.71 bits per heavy atom. The van der Waals surface area contributed by atoms with Gasteiger partial charge < -0.3 is 10.2 Å². The summed E-state index contributed by atoms with van der Waals surface area (Å²) < 4.78 is 0. The van der Waals surface area contributed by atoms with Crippen LogP contribution in [-0.2, 0) is 6.54 Å². The van der Waals surface area contributed by atoms with Crippen LogP contribution in [0.1, 0.15) is 70.4 Å². The molecule has 1 saturated heterocycles.